The molecule has 0 radical (unpaired) electrons. The first-order chi connectivity index (χ1) is 10.5. The number of esters is 1. The van der Waals surface area contributed by atoms with Gasteiger partial charge in [0.15, 0.2) is 0 Å². The van der Waals surface area contributed by atoms with E-state index in [0.717, 1.165) is 11.1 Å². The minimum absolute atomic E-state index is 0.0627. The van der Waals surface area contributed by atoms with E-state index in [4.69, 9.17) is 4.74 Å². The van der Waals surface area contributed by atoms with Crippen molar-refractivity contribution in [3.05, 3.63) is 62.5 Å². The maximum Gasteiger partial charge on any atom is 0.338 e. The van der Waals surface area contributed by atoms with E-state index in [-0.39, 0.29) is 12.2 Å². The molecule has 0 aliphatic heterocycles. The van der Waals surface area contributed by atoms with Crippen molar-refractivity contribution in [2.24, 2.45) is 0 Å². The number of hydrogen-bond acceptors (Lipinski definition) is 5. The number of rotatable bonds is 3. The van der Waals surface area contributed by atoms with E-state index in [1.165, 1.54) is 11.3 Å². The van der Waals surface area contributed by atoms with E-state index in [0.29, 0.717) is 21.6 Å². The van der Waals surface area contributed by atoms with Crippen LogP contribution in [0.1, 0.15) is 27.3 Å². The van der Waals surface area contributed by atoms with Gasteiger partial charge in [0.25, 0.3) is 5.56 Å². The van der Waals surface area contributed by atoms with Crippen LogP contribution in [0.3, 0.4) is 0 Å². The molecule has 6 heteroatoms. The highest BCUT2D eigenvalue weighted by molar-refractivity contribution is 7.17. The van der Waals surface area contributed by atoms with Gasteiger partial charge in [-0.3, -0.25) is 4.79 Å². The van der Waals surface area contributed by atoms with Crippen LogP contribution in [-0.4, -0.2) is 15.9 Å². The van der Waals surface area contributed by atoms with Crippen LogP contribution >= 0.6 is 11.3 Å². The normalized spacial score (nSPS) is 10.8. The zero-order chi connectivity index (χ0) is 15.7. The monoisotopic (exact) mass is 314 g/mol. The lowest BCUT2D eigenvalue weighted by Gasteiger charge is -2.06. The summed E-state index contributed by atoms with van der Waals surface area (Å²) in [5, 5.41) is 1.80. The third-order valence-electron chi connectivity index (χ3n) is 3.45. The number of H-pyrrole nitrogens is 1. The van der Waals surface area contributed by atoms with Gasteiger partial charge in [0.1, 0.15) is 17.1 Å². The lowest BCUT2D eigenvalue weighted by atomic mass is 10.1. The van der Waals surface area contributed by atoms with E-state index in [1.807, 2.05) is 19.9 Å². The Balaban J connectivity index is 1.76. The molecule has 3 aromatic rings. The largest absolute Gasteiger partial charge is 0.454 e. The summed E-state index contributed by atoms with van der Waals surface area (Å²) in [7, 11) is 0. The van der Waals surface area contributed by atoms with E-state index in [2.05, 4.69) is 9.97 Å². The maximum absolute atomic E-state index is 12.0. The maximum atomic E-state index is 12.0. The number of thiophene rings is 1. The molecule has 0 atom stereocenters. The summed E-state index contributed by atoms with van der Waals surface area (Å²) in [4.78, 5) is 30.8. The average Bonchev–Trinajstić information content (AvgIpc) is 2.96. The molecule has 2 heterocycles. The highest BCUT2D eigenvalue weighted by atomic mass is 32.1. The van der Waals surface area contributed by atoms with Crippen molar-refractivity contribution >= 4 is 27.5 Å². The number of aromatic amines is 1. The molecule has 112 valence electrons. The zero-order valence-electron chi connectivity index (χ0n) is 12.2. The Morgan fingerprint density at radius 1 is 1.27 bits per heavy atom. The number of fused-ring (bicyclic) bond motifs is 1. The van der Waals surface area contributed by atoms with E-state index in [1.54, 1.807) is 23.6 Å². The number of nitrogens with zero attached hydrogens (tertiary/aromatic N) is 1. The van der Waals surface area contributed by atoms with Gasteiger partial charge in [0.2, 0.25) is 0 Å². The van der Waals surface area contributed by atoms with Crippen LogP contribution in [0.5, 0.6) is 0 Å². The zero-order valence-corrected chi connectivity index (χ0v) is 13.0. The Labute approximate surface area is 130 Å². The Morgan fingerprint density at radius 2 is 2.09 bits per heavy atom. The second-order valence-corrected chi connectivity index (χ2v) is 5.94. The van der Waals surface area contributed by atoms with Crippen LogP contribution in [0.25, 0.3) is 10.2 Å². The highest BCUT2D eigenvalue weighted by Gasteiger charge is 2.10. The predicted molar refractivity (Wildman–Crippen MR) is 85.3 cm³/mol. The molecular formula is C16H14N2O3S. The number of ether oxygens (including phenoxy) is 1. The first-order valence-corrected chi connectivity index (χ1v) is 7.63. The van der Waals surface area contributed by atoms with Gasteiger partial charge >= 0.3 is 5.97 Å². The van der Waals surface area contributed by atoms with Crippen molar-refractivity contribution < 1.29 is 9.53 Å². The number of aryl methyl sites for hydroxylation is 2. The summed E-state index contributed by atoms with van der Waals surface area (Å²) < 4.78 is 5.79. The molecule has 22 heavy (non-hydrogen) atoms. The minimum atomic E-state index is -0.434. The van der Waals surface area contributed by atoms with Crippen molar-refractivity contribution in [2.45, 2.75) is 20.5 Å². The number of hydrogen-bond donors (Lipinski definition) is 1. The molecule has 0 amide bonds. The van der Waals surface area contributed by atoms with Crippen molar-refractivity contribution in [3.63, 3.8) is 0 Å². The molecule has 1 N–H and O–H groups in total. The minimum Gasteiger partial charge on any atom is -0.454 e. The van der Waals surface area contributed by atoms with Crippen molar-refractivity contribution in [1.82, 2.24) is 9.97 Å². The molecule has 0 aliphatic rings. The van der Waals surface area contributed by atoms with Crippen molar-refractivity contribution in [1.29, 1.82) is 0 Å². The number of nitrogens with one attached hydrogen (secondary N) is 1. The van der Waals surface area contributed by atoms with Gasteiger partial charge in [-0.15, -0.1) is 11.3 Å². The van der Waals surface area contributed by atoms with Gasteiger partial charge in [-0.05, 0) is 48.6 Å². The third kappa shape index (κ3) is 2.78. The Morgan fingerprint density at radius 3 is 2.86 bits per heavy atom. The standard InChI is InChI=1S/C16H14N2O3S/c1-9-3-4-11(7-10(9)2)16(20)21-8-13-17-12-5-6-22-14(12)15(19)18-13/h3-7H,8H2,1-2H3,(H,17,18,19). The van der Waals surface area contributed by atoms with Crippen molar-refractivity contribution in [2.75, 3.05) is 0 Å². The summed E-state index contributed by atoms with van der Waals surface area (Å²) in [6, 6.07) is 7.16. The number of carbonyl (C=O) groups is 1. The highest BCUT2D eigenvalue weighted by Crippen LogP contribution is 2.14. The smallest absolute Gasteiger partial charge is 0.338 e. The number of carbonyl (C=O) groups excluding carboxylic acids is 1. The van der Waals surface area contributed by atoms with Crippen LogP contribution < -0.4 is 5.56 Å². The predicted octanol–water partition coefficient (Wildman–Crippen LogP) is 2.96. The topological polar surface area (TPSA) is 72.0 Å². The van der Waals surface area contributed by atoms with Crippen LogP contribution in [0.4, 0.5) is 0 Å². The van der Waals surface area contributed by atoms with Gasteiger partial charge in [-0.25, -0.2) is 9.78 Å². The second-order valence-electron chi connectivity index (χ2n) is 5.02. The van der Waals surface area contributed by atoms with Gasteiger partial charge in [-0.1, -0.05) is 6.07 Å². The average molecular weight is 314 g/mol. The molecule has 0 fully saturated rings. The van der Waals surface area contributed by atoms with Crippen LogP contribution in [0.15, 0.2) is 34.4 Å². The number of aromatic nitrogens is 2. The lowest BCUT2D eigenvalue weighted by Crippen LogP contribution is -2.13. The molecule has 0 unspecified atom stereocenters. The molecule has 0 bridgehead atoms. The molecule has 0 aliphatic carbocycles. The Bertz CT molecular complexity index is 911. The van der Waals surface area contributed by atoms with Gasteiger partial charge < -0.3 is 9.72 Å². The fourth-order valence-corrected chi connectivity index (χ4v) is 2.80. The first kappa shape index (κ1) is 14.5. The summed E-state index contributed by atoms with van der Waals surface area (Å²) in [5.74, 6) is -0.0933. The summed E-state index contributed by atoms with van der Waals surface area (Å²) >= 11 is 1.33. The van der Waals surface area contributed by atoms with E-state index < -0.39 is 5.97 Å². The molecule has 2 aromatic heterocycles. The molecule has 1 aromatic carbocycles. The van der Waals surface area contributed by atoms with Crippen LogP contribution in [-0.2, 0) is 11.3 Å². The van der Waals surface area contributed by atoms with Gasteiger partial charge in [-0.2, -0.15) is 0 Å². The molecule has 3 rings (SSSR count). The third-order valence-corrected chi connectivity index (χ3v) is 4.35. The number of benzene rings is 1. The van der Waals surface area contributed by atoms with E-state index in [9.17, 15) is 9.59 Å². The molecule has 0 saturated heterocycles. The summed E-state index contributed by atoms with van der Waals surface area (Å²) in [6.07, 6.45) is 0. The Kier molecular flexibility index (Phi) is 3.77. The summed E-state index contributed by atoms with van der Waals surface area (Å²) in [5.41, 5.74) is 3.04. The van der Waals surface area contributed by atoms with Gasteiger partial charge in [0, 0.05) is 0 Å². The molecular weight excluding hydrogens is 300 g/mol. The van der Waals surface area contributed by atoms with E-state index >= 15 is 0 Å². The van der Waals surface area contributed by atoms with Crippen molar-refractivity contribution in [3.8, 4) is 0 Å². The second kappa shape index (κ2) is 5.73. The van der Waals surface area contributed by atoms with Crippen LogP contribution in [0.2, 0.25) is 0 Å². The van der Waals surface area contributed by atoms with Crippen LogP contribution in [0, 0.1) is 13.8 Å². The lowest BCUT2D eigenvalue weighted by molar-refractivity contribution is 0.0462. The van der Waals surface area contributed by atoms with Gasteiger partial charge in [0.05, 0.1) is 11.1 Å². The SMILES string of the molecule is Cc1ccc(C(=O)OCc2nc3ccsc3c(=O)[nH]2)cc1C. The molecule has 0 saturated carbocycles. The first-order valence-electron chi connectivity index (χ1n) is 6.75. The fourth-order valence-electron chi connectivity index (χ4n) is 2.08. The molecule has 5 nitrogen and oxygen atoms in total. The Hall–Kier alpha value is -2.47. The quantitative estimate of drug-likeness (QED) is 0.754. The fraction of sp³-hybridized carbons (Fsp3) is 0.188. The molecule has 0 spiro atoms. The summed E-state index contributed by atoms with van der Waals surface area (Å²) in [6.45, 7) is 3.86.